The van der Waals surface area contributed by atoms with Gasteiger partial charge in [0.1, 0.15) is 0 Å². The maximum Gasteiger partial charge on any atom is 0.0847 e. The molecule has 98 valence electrons. The predicted molar refractivity (Wildman–Crippen MR) is 73.7 cm³/mol. The van der Waals surface area contributed by atoms with E-state index in [1.165, 1.54) is 5.69 Å². The number of hydrogen-bond acceptors (Lipinski definition) is 2. The lowest BCUT2D eigenvalue weighted by Crippen LogP contribution is -2.23. The second-order valence-electron chi connectivity index (χ2n) is 5.36. The molecule has 1 rings (SSSR count). The van der Waals surface area contributed by atoms with Gasteiger partial charge in [0.05, 0.1) is 16.4 Å². The van der Waals surface area contributed by atoms with Crippen molar-refractivity contribution in [1.29, 1.82) is 0 Å². The van der Waals surface area contributed by atoms with Gasteiger partial charge in [-0.2, -0.15) is 5.10 Å². The molecule has 0 saturated heterocycles. The van der Waals surface area contributed by atoms with Crippen molar-refractivity contribution in [3.05, 3.63) is 16.4 Å². The fraction of sp³-hybridized carbons (Fsp3) is 0.769. The van der Waals surface area contributed by atoms with Crippen molar-refractivity contribution in [1.82, 2.24) is 15.1 Å². The van der Waals surface area contributed by atoms with Gasteiger partial charge in [-0.25, -0.2) is 0 Å². The minimum absolute atomic E-state index is 0.242. The summed E-state index contributed by atoms with van der Waals surface area (Å²) in [5.41, 5.74) is 2.35. The van der Waals surface area contributed by atoms with Crippen molar-refractivity contribution < 1.29 is 0 Å². The first kappa shape index (κ1) is 14.5. The van der Waals surface area contributed by atoms with E-state index in [0.29, 0.717) is 0 Å². The monoisotopic (exact) mass is 257 g/mol. The van der Waals surface area contributed by atoms with E-state index >= 15 is 0 Å². The predicted octanol–water partition coefficient (Wildman–Crippen LogP) is 3.04. The molecule has 1 heterocycles. The van der Waals surface area contributed by atoms with Crippen LogP contribution >= 0.6 is 11.6 Å². The maximum atomic E-state index is 6.33. The second-order valence-corrected chi connectivity index (χ2v) is 5.73. The maximum absolute atomic E-state index is 6.33. The SMILES string of the molecule is CCn1nc(C)c(Cl)c1CC(C)(C)CCNC. The topological polar surface area (TPSA) is 29.9 Å². The fourth-order valence-electron chi connectivity index (χ4n) is 2.04. The minimum Gasteiger partial charge on any atom is -0.320 e. The fourth-order valence-corrected chi connectivity index (χ4v) is 2.25. The molecule has 0 aliphatic rings. The van der Waals surface area contributed by atoms with Gasteiger partial charge in [0, 0.05) is 6.54 Å². The quantitative estimate of drug-likeness (QED) is 0.849. The van der Waals surface area contributed by atoms with Crippen molar-refractivity contribution in [2.24, 2.45) is 5.41 Å². The van der Waals surface area contributed by atoms with E-state index in [1.54, 1.807) is 0 Å². The van der Waals surface area contributed by atoms with Gasteiger partial charge in [-0.1, -0.05) is 25.4 Å². The lowest BCUT2D eigenvalue weighted by Gasteiger charge is -2.25. The van der Waals surface area contributed by atoms with Crippen LogP contribution in [0.3, 0.4) is 0 Å². The Morgan fingerprint density at radius 2 is 2.06 bits per heavy atom. The first-order valence-electron chi connectivity index (χ1n) is 6.27. The van der Waals surface area contributed by atoms with E-state index in [9.17, 15) is 0 Å². The van der Waals surface area contributed by atoms with Crippen LogP contribution in [0.5, 0.6) is 0 Å². The van der Waals surface area contributed by atoms with Gasteiger partial charge in [0.15, 0.2) is 0 Å². The minimum atomic E-state index is 0.242. The summed E-state index contributed by atoms with van der Waals surface area (Å²) < 4.78 is 2.03. The summed E-state index contributed by atoms with van der Waals surface area (Å²) in [4.78, 5) is 0. The highest BCUT2D eigenvalue weighted by Crippen LogP contribution is 2.30. The Hall–Kier alpha value is -0.540. The molecule has 0 radical (unpaired) electrons. The van der Waals surface area contributed by atoms with Gasteiger partial charge in [-0.15, -0.1) is 0 Å². The largest absolute Gasteiger partial charge is 0.320 e. The summed E-state index contributed by atoms with van der Waals surface area (Å²) in [6, 6.07) is 0. The standard InChI is InChI=1S/C13H24ClN3/c1-6-17-11(12(14)10(2)16-17)9-13(3,4)7-8-15-5/h15H,6-9H2,1-5H3. The molecule has 0 unspecified atom stereocenters. The third kappa shape index (κ3) is 3.71. The molecule has 1 N–H and O–H groups in total. The molecule has 1 aromatic heterocycles. The number of rotatable bonds is 6. The summed E-state index contributed by atoms with van der Waals surface area (Å²) in [5, 5.41) is 8.50. The Labute approximate surface area is 110 Å². The van der Waals surface area contributed by atoms with E-state index in [-0.39, 0.29) is 5.41 Å². The van der Waals surface area contributed by atoms with Crippen molar-refractivity contribution in [2.75, 3.05) is 13.6 Å². The first-order valence-corrected chi connectivity index (χ1v) is 6.65. The molecular formula is C13H24ClN3. The van der Waals surface area contributed by atoms with E-state index < -0.39 is 0 Å². The zero-order chi connectivity index (χ0) is 13.1. The number of aromatic nitrogens is 2. The highest BCUT2D eigenvalue weighted by molar-refractivity contribution is 6.31. The van der Waals surface area contributed by atoms with E-state index in [4.69, 9.17) is 11.6 Å². The number of aryl methyl sites for hydroxylation is 2. The molecular weight excluding hydrogens is 234 g/mol. The van der Waals surface area contributed by atoms with Crippen molar-refractivity contribution in [3.63, 3.8) is 0 Å². The van der Waals surface area contributed by atoms with Gasteiger partial charge in [0.2, 0.25) is 0 Å². The van der Waals surface area contributed by atoms with Gasteiger partial charge in [0.25, 0.3) is 0 Å². The number of halogens is 1. The number of nitrogens with zero attached hydrogens (tertiary/aromatic N) is 2. The average molecular weight is 258 g/mol. The zero-order valence-corrected chi connectivity index (χ0v) is 12.4. The first-order chi connectivity index (χ1) is 7.91. The summed E-state index contributed by atoms with van der Waals surface area (Å²) in [6.07, 6.45) is 2.11. The molecule has 0 aliphatic carbocycles. The van der Waals surface area contributed by atoms with Crippen LogP contribution in [-0.2, 0) is 13.0 Å². The molecule has 0 saturated carbocycles. The third-order valence-corrected chi connectivity index (χ3v) is 3.64. The van der Waals surface area contributed by atoms with Crippen LogP contribution in [0.25, 0.3) is 0 Å². The molecule has 0 aromatic carbocycles. The van der Waals surface area contributed by atoms with Crippen LogP contribution in [0.1, 0.15) is 38.6 Å². The lowest BCUT2D eigenvalue weighted by atomic mass is 9.84. The van der Waals surface area contributed by atoms with Crippen LogP contribution in [0, 0.1) is 12.3 Å². The van der Waals surface area contributed by atoms with Crippen LogP contribution < -0.4 is 5.32 Å². The smallest absolute Gasteiger partial charge is 0.0847 e. The summed E-state index contributed by atoms with van der Waals surface area (Å²) in [5.74, 6) is 0. The molecule has 0 atom stereocenters. The molecule has 17 heavy (non-hydrogen) atoms. The van der Waals surface area contributed by atoms with Gasteiger partial charge < -0.3 is 5.32 Å². The lowest BCUT2D eigenvalue weighted by molar-refractivity contribution is 0.320. The van der Waals surface area contributed by atoms with Gasteiger partial charge in [-0.3, -0.25) is 4.68 Å². The summed E-state index contributed by atoms with van der Waals surface area (Å²) in [6.45, 7) is 10.5. The number of hydrogen-bond donors (Lipinski definition) is 1. The molecule has 0 aliphatic heterocycles. The van der Waals surface area contributed by atoms with Crippen LogP contribution in [0.2, 0.25) is 5.02 Å². The highest BCUT2D eigenvalue weighted by atomic mass is 35.5. The van der Waals surface area contributed by atoms with Crippen LogP contribution in [0.15, 0.2) is 0 Å². The van der Waals surface area contributed by atoms with Crippen LogP contribution in [-0.4, -0.2) is 23.4 Å². The van der Waals surface area contributed by atoms with E-state index in [1.807, 2.05) is 18.7 Å². The molecule has 0 fully saturated rings. The average Bonchev–Trinajstić information content (AvgIpc) is 2.54. The molecule has 0 bridgehead atoms. The van der Waals surface area contributed by atoms with Gasteiger partial charge >= 0.3 is 0 Å². The second kappa shape index (κ2) is 5.87. The Morgan fingerprint density at radius 1 is 1.41 bits per heavy atom. The van der Waals surface area contributed by atoms with Crippen molar-refractivity contribution >= 4 is 11.6 Å². The molecule has 4 heteroatoms. The molecule has 1 aromatic rings. The van der Waals surface area contributed by atoms with E-state index in [2.05, 4.69) is 31.2 Å². The van der Waals surface area contributed by atoms with Crippen molar-refractivity contribution in [2.45, 2.75) is 47.1 Å². The Morgan fingerprint density at radius 3 is 2.59 bits per heavy atom. The van der Waals surface area contributed by atoms with Crippen LogP contribution in [0.4, 0.5) is 0 Å². The molecule has 0 spiro atoms. The van der Waals surface area contributed by atoms with E-state index in [0.717, 1.165) is 36.6 Å². The molecule has 0 amide bonds. The highest BCUT2D eigenvalue weighted by Gasteiger charge is 2.23. The van der Waals surface area contributed by atoms with Gasteiger partial charge in [-0.05, 0) is 45.7 Å². The Kier molecular flexibility index (Phi) is 5.02. The Bertz CT molecular complexity index is 369. The normalized spacial score (nSPS) is 12.1. The summed E-state index contributed by atoms with van der Waals surface area (Å²) in [7, 11) is 1.99. The van der Waals surface area contributed by atoms with Crippen molar-refractivity contribution in [3.8, 4) is 0 Å². The summed E-state index contributed by atoms with van der Waals surface area (Å²) >= 11 is 6.33. The third-order valence-electron chi connectivity index (χ3n) is 3.15. The Balaban J connectivity index is 2.86. The zero-order valence-electron chi connectivity index (χ0n) is 11.6. The number of nitrogens with one attached hydrogen (secondary N) is 1. The molecule has 3 nitrogen and oxygen atoms in total.